The first-order chi connectivity index (χ1) is 7.36. The zero-order valence-electron chi connectivity index (χ0n) is 9.37. The summed E-state index contributed by atoms with van der Waals surface area (Å²) in [5.41, 5.74) is 1.25. The zero-order valence-corrected chi connectivity index (χ0v) is 9.37. The highest BCUT2D eigenvalue weighted by Crippen LogP contribution is 2.27. The first kappa shape index (κ1) is 10.7. The second-order valence-corrected chi connectivity index (χ2v) is 4.74. The molecule has 0 spiro atoms. The molecule has 1 saturated carbocycles. The molecule has 0 atom stereocenters. The van der Waals surface area contributed by atoms with Crippen molar-refractivity contribution in [3.05, 3.63) is 23.8 Å². The Morgan fingerprint density at radius 1 is 1.20 bits per heavy atom. The number of carbonyl (C=O) groups excluding carboxylic acids is 1. The van der Waals surface area contributed by atoms with Crippen LogP contribution in [0, 0.1) is 5.92 Å². The highest BCUT2D eigenvalue weighted by Gasteiger charge is 2.21. The molecule has 0 aromatic rings. The van der Waals surface area contributed by atoms with E-state index in [1.165, 1.54) is 24.8 Å². The van der Waals surface area contributed by atoms with Crippen molar-refractivity contribution in [3.8, 4) is 0 Å². The average molecular weight is 204 g/mol. The van der Waals surface area contributed by atoms with E-state index >= 15 is 0 Å². The molecule has 0 N–H and O–H groups in total. The normalized spacial score (nSPS) is 22.5. The van der Waals surface area contributed by atoms with E-state index in [1.807, 2.05) is 0 Å². The lowest BCUT2D eigenvalue weighted by molar-refractivity contribution is -0.123. The van der Waals surface area contributed by atoms with Crippen LogP contribution in [0.25, 0.3) is 0 Å². The minimum atomic E-state index is 0.370. The highest BCUT2D eigenvalue weighted by atomic mass is 16.1. The van der Waals surface area contributed by atoms with Gasteiger partial charge in [0.25, 0.3) is 0 Å². The number of ketones is 1. The van der Waals surface area contributed by atoms with Crippen molar-refractivity contribution in [2.75, 3.05) is 0 Å². The Hall–Kier alpha value is -0.850. The van der Waals surface area contributed by atoms with E-state index in [2.05, 4.69) is 18.2 Å². The van der Waals surface area contributed by atoms with E-state index in [-0.39, 0.29) is 0 Å². The monoisotopic (exact) mass is 204 g/mol. The summed E-state index contributed by atoms with van der Waals surface area (Å²) in [7, 11) is 0. The third-order valence-corrected chi connectivity index (χ3v) is 3.51. The van der Waals surface area contributed by atoms with Crippen molar-refractivity contribution in [1.29, 1.82) is 0 Å². The first-order valence-electron chi connectivity index (χ1n) is 6.24. The number of rotatable bonds is 3. The van der Waals surface area contributed by atoms with Crippen LogP contribution in [0.4, 0.5) is 0 Å². The molecule has 0 saturated heterocycles. The third kappa shape index (κ3) is 3.05. The summed E-state index contributed by atoms with van der Waals surface area (Å²) in [6, 6.07) is 0. The number of hydrogen-bond acceptors (Lipinski definition) is 1. The van der Waals surface area contributed by atoms with Crippen LogP contribution in [0.5, 0.6) is 0 Å². The zero-order chi connectivity index (χ0) is 10.5. The summed E-state index contributed by atoms with van der Waals surface area (Å²) in [5, 5.41) is 0. The fourth-order valence-corrected chi connectivity index (χ4v) is 2.57. The molecule has 0 radical (unpaired) electrons. The maximum atomic E-state index is 12.0. The summed E-state index contributed by atoms with van der Waals surface area (Å²) in [4.78, 5) is 12.0. The lowest BCUT2D eigenvalue weighted by atomic mass is 9.84. The lowest BCUT2D eigenvalue weighted by Gasteiger charge is -2.20. The van der Waals surface area contributed by atoms with Gasteiger partial charge in [0.15, 0.2) is 0 Å². The van der Waals surface area contributed by atoms with Crippen LogP contribution >= 0.6 is 0 Å². The van der Waals surface area contributed by atoms with Gasteiger partial charge in [-0.05, 0) is 31.3 Å². The molecule has 0 heterocycles. The maximum absolute atomic E-state index is 12.0. The molecule has 2 aliphatic rings. The van der Waals surface area contributed by atoms with E-state index < -0.39 is 0 Å². The second kappa shape index (κ2) is 5.29. The van der Waals surface area contributed by atoms with Crippen molar-refractivity contribution >= 4 is 5.78 Å². The second-order valence-electron chi connectivity index (χ2n) is 4.74. The first-order valence-corrected chi connectivity index (χ1v) is 6.24. The molecule has 15 heavy (non-hydrogen) atoms. The minimum absolute atomic E-state index is 0.370. The largest absolute Gasteiger partial charge is 0.299 e. The van der Waals surface area contributed by atoms with Crippen LogP contribution < -0.4 is 0 Å². The van der Waals surface area contributed by atoms with Gasteiger partial charge in [0.2, 0.25) is 0 Å². The minimum Gasteiger partial charge on any atom is -0.299 e. The molecule has 0 aromatic carbocycles. The van der Waals surface area contributed by atoms with Crippen LogP contribution in [0.2, 0.25) is 0 Å². The molecule has 0 unspecified atom stereocenters. The topological polar surface area (TPSA) is 17.1 Å². The molecule has 1 fully saturated rings. The van der Waals surface area contributed by atoms with Gasteiger partial charge in [-0.25, -0.2) is 0 Å². The molecule has 0 amide bonds. The van der Waals surface area contributed by atoms with Gasteiger partial charge in [-0.15, -0.1) is 0 Å². The molecular formula is C14H20O. The maximum Gasteiger partial charge on any atom is 0.140 e. The van der Waals surface area contributed by atoms with Gasteiger partial charge in [0.05, 0.1) is 0 Å². The van der Waals surface area contributed by atoms with Gasteiger partial charge in [-0.1, -0.05) is 37.5 Å². The van der Waals surface area contributed by atoms with E-state index in [0.29, 0.717) is 18.1 Å². The molecule has 82 valence electrons. The van der Waals surface area contributed by atoms with Crippen molar-refractivity contribution in [1.82, 2.24) is 0 Å². The van der Waals surface area contributed by atoms with Gasteiger partial charge in [0, 0.05) is 12.3 Å². The Kier molecular flexibility index (Phi) is 3.76. The predicted molar refractivity (Wildman–Crippen MR) is 62.7 cm³/mol. The average Bonchev–Trinajstić information content (AvgIpc) is 2.31. The molecule has 1 nitrogen and oxygen atoms in total. The van der Waals surface area contributed by atoms with E-state index in [9.17, 15) is 4.79 Å². The number of Topliss-reactive ketones (excluding diaryl/α,β-unsaturated/α-hetero) is 1. The molecule has 2 rings (SSSR count). The van der Waals surface area contributed by atoms with Crippen molar-refractivity contribution in [2.24, 2.45) is 5.92 Å². The smallest absolute Gasteiger partial charge is 0.140 e. The number of carbonyl (C=O) groups is 1. The molecule has 0 aromatic heterocycles. The molecule has 1 heteroatoms. The van der Waals surface area contributed by atoms with Gasteiger partial charge in [0.1, 0.15) is 5.78 Å². The summed E-state index contributed by atoms with van der Waals surface area (Å²) in [6.07, 6.45) is 15.6. The van der Waals surface area contributed by atoms with E-state index in [1.54, 1.807) is 0 Å². The summed E-state index contributed by atoms with van der Waals surface area (Å²) in [5.74, 6) is 0.850. The van der Waals surface area contributed by atoms with Crippen molar-refractivity contribution < 1.29 is 4.79 Å². The van der Waals surface area contributed by atoms with Crippen LogP contribution in [0.1, 0.15) is 51.4 Å². The van der Waals surface area contributed by atoms with Crippen molar-refractivity contribution in [2.45, 2.75) is 51.4 Å². The Bertz CT molecular complexity index is 280. The highest BCUT2D eigenvalue weighted by molar-refractivity contribution is 5.83. The van der Waals surface area contributed by atoms with Gasteiger partial charge in [-0.3, -0.25) is 4.79 Å². The fraction of sp³-hybridized carbons (Fsp3) is 0.643. The third-order valence-electron chi connectivity index (χ3n) is 3.51. The van der Waals surface area contributed by atoms with E-state index in [0.717, 1.165) is 25.7 Å². The van der Waals surface area contributed by atoms with Crippen LogP contribution in [0.3, 0.4) is 0 Å². The summed E-state index contributed by atoms with van der Waals surface area (Å²) >= 11 is 0. The number of allylic oxidation sites excluding steroid dienone is 4. The molecule has 0 bridgehead atoms. The number of hydrogen-bond donors (Lipinski definition) is 0. The molecule has 2 aliphatic carbocycles. The molecular weight excluding hydrogens is 184 g/mol. The fourth-order valence-electron chi connectivity index (χ4n) is 2.57. The summed E-state index contributed by atoms with van der Waals surface area (Å²) in [6.45, 7) is 0. The Labute approximate surface area is 92.3 Å². The Balaban J connectivity index is 1.85. The Morgan fingerprint density at radius 3 is 2.67 bits per heavy atom. The van der Waals surface area contributed by atoms with Crippen LogP contribution in [0.15, 0.2) is 23.8 Å². The van der Waals surface area contributed by atoms with E-state index in [4.69, 9.17) is 0 Å². The van der Waals surface area contributed by atoms with Gasteiger partial charge >= 0.3 is 0 Å². The SMILES string of the molecule is O=C(CC1=CCCC=C1)C1CCCCC1. The van der Waals surface area contributed by atoms with Crippen LogP contribution in [-0.2, 0) is 4.79 Å². The predicted octanol–water partition coefficient (Wildman–Crippen LogP) is 3.80. The summed E-state index contributed by atoms with van der Waals surface area (Å²) < 4.78 is 0. The molecule has 0 aliphatic heterocycles. The van der Waals surface area contributed by atoms with Crippen molar-refractivity contribution in [3.63, 3.8) is 0 Å². The van der Waals surface area contributed by atoms with Gasteiger partial charge < -0.3 is 0 Å². The quantitative estimate of drug-likeness (QED) is 0.683. The standard InChI is InChI=1S/C14H20O/c15-14(13-9-5-2-6-10-13)11-12-7-3-1-4-8-12/h3,7-8,13H,1-2,4-6,9-11H2. The Morgan fingerprint density at radius 2 is 2.00 bits per heavy atom. The lowest BCUT2D eigenvalue weighted by Crippen LogP contribution is -2.17. The van der Waals surface area contributed by atoms with Crippen LogP contribution in [-0.4, -0.2) is 5.78 Å². The van der Waals surface area contributed by atoms with Gasteiger partial charge in [-0.2, -0.15) is 0 Å².